The van der Waals surface area contributed by atoms with Crippen molar-refractivity contribution in [1.29, 1.82) is 0 Å². The minimum absolute atomic E-state index is 0.0737. The number of thiazole rings is 1. The second-order valence-electron chi connectivity index (χ2n) is 5.81. The number of aromatic nitrogens is 2. The molecule has 2 atom stereocenters. The molecule has 1 fully saturated rings. The molecule has 8 heteroatoms. The van der Waals surface area contributed by atoms with Crippen molar-refractivity contribution in [3.63, 3.8) is 0 Å². The van der Waals surface area contributed by atoms with Crippen LogP contribution in [0.15, 0.2) is 22.6 Å². The molecule has 2 aromatic heterocycles. The number of rotatable bonds is 4. The average Bonchev–Trinajstić information content (AvgIpc) is 2.96. The number of nitrogens with zero attached hydrogens (tertiary/aromatic N) is 3. The van der Waals surface area contributed by atoms with Gasteiger partial charge < -0.3 is 10.1 Å². The maximum absolute atomic E-state index is 12.2. The summed E-state index contributed by atoms with van der Waals surface area (Å²) in [7, 11) is 0. The Morgan fingerprint density at radius 2 is 2.17 bits per heavy atom. The van der Waals surface area contributed by atoms with Crippen LogP contribution < -0.4 is 10.9 Å². The summed E-state index contributed by atoms with van der Waals surface area (Å²) >= 11 is 1.36. The van der Waals surface area contributed by atoms with Crippen molar-refractivity contribution < 1.29 is 9.53 Å². The fourth-order valence-electron chi connectivity index (χ4n) is 2.87. The monoisotopic (exact) mass is 336 g/mol. The highest BCUT2D eigenvalue weighted by molar-refractivity contribution is 7.15. The zero-order valence-electron chi connectivity index (χ0n) is 13.2. The Labute approximate surface area is 137 Å². The van der Waals surface area contributed by atoms with Gasteiger partial charge in [0.1, 0.15) is 5.56 Å². The van der Waals surface area contributed by atoms with E-state index in [1.807, 2.05) is 13.8 Å². The maximum Gasteiger partial charge on any atom is 0.271 e. The number of hydrogen-bond acceptors (Lipinski definition) is 6. The van der Waals surface area contributed by atoms with E-state index in [0.717, 1.165) is 19.6 Å². The Balaban J connectivity index is 1.58. The summed E-state index contributed by atoms with van der Waals surface area (Å²) in [6, 6.07) is 0. The minimum Gasteiger partial charge on any atom is -0.373 e. The molecule has 1 N–H and O–H groups in total. The predicted molar refractivity (Wildman–Crippen MR) is 88.1 cm³/mol. The first-order valence-corrected chi connectivity index (χ1v) is 8.53. The molecule has 0 radical (unpaired) electrons. The molecule has 1 saturated heterocycles. The molecule has 0 aromatic carbocycles. The molecular weight excluding hydrogens is 316 g/mol. The summed E-state index contributed by atoms with van der Waals surface area (Å²) in [4.78, 5) is 31.4. The molecule has 0 spiro atoms. The maximum atomic E-state index is 12.2. The first-order valence-electron chi connectivity index (χ1n) is 7.65. The Kier molecular flexibility index (Phi) is 4.74. The van der Waals surface area contributed by atoms with E-state index in [2.05, 4.69) is 15.2 Å². The van der Waals surface area contributed by atoms with Gasteiger partial charge in [-0.25, -0.2) is 4.98 Å². The van der Waals surface area contributed by atoms with Crippen molar-refractivity contribution >= 4 is 22.2 Å². The minimum atomic E-state index is -0.377. The molecule has 2 aromatic rings. The smallest absolute Gasteiger partial charge is 0.271 e. The number of carbonyl (C=O) groups excluding carboxylic acids is 1. The topological polar surface area (TPSA) is 75.9 Å². The molecule has 0 bridgehead atoms. The molecule has 1 amide bonds. The highest BCUT2D eigenvalue weighted by atomic mass is 32.1. The summed E-state index contributed by atoms with van der Waals surface area (Å²) in [5.74, 6) is -0.377. The SMILES string of the molecule is C[C@H]1CN(CCNC(=O)c2cnc3sccn3c2=O)C[C@H](C)O1. The zero-order chi connectivity index (χ0) is 16.4. The van der Waals surface area contributed by atoms with Gasteiger partial charge in [0, 0.05) is 44.0 Å². The van der Waals surface area contributed by atoms with Crippen LogP contribution >= 0.6 is 11.3 Å². The van der Waals surface area contributed by atoms with E-state index < -0.39 is 0 Å². The van der Waals surface area contributed by atoms with Crippen LogP contribution in [0, 0.1) is 0 Å². The number of fused-ring (bicyclic) bond motifs is 1. The van der Waals surface area contributed by atoms with Crippen molar-refractivity contribution in [2.24, 2.45) is 0 Å². The van der Waals surface area contributed by atoms with E-state index in [-0.39, 0.29) is 29.2 Å². The number of hydrogen-bond donors (Lipinski definition) is 1. The van der Waals surface area contributed by atoms with E-state index in [9.17, 15) is 9.59 Å². The van der Waals surface area contributed by atoms with Gasteiger partial charge in [0.15, 0.2) is 4.96 Å². The van der Waals surface area contributed by atoms with Gasteiger partial charge in [-0.05, 0) is 13.8 Å². The van der Waals surface area contributed by atoms with Crippen molar-refractivity contribution in [1.82, 2.24) is 19.6 Å². The molecular formula is C15H20N4O3S. The highest BCUT2D eigenvalue weighted by Crippen LogP contribution is 2.09. The zero-order valence-corrected chi connectivity index (χ0v) is 14.0. The summed E-state index contributed by atoms with van der Waals surface area (Å²) in [5, 5.41) is 4.57. The molecule has 0 aliphatic carbocycles. The fourth-order valence-corrected chi connectivity index (χ4v) is 3.55. The Morgan fingerprint density at radius 1 is 1.43 bits per heavy atom. The standard InChI is InChI=1S/C15H20N4O3S/c1-10-8-18(9-11(2)22-10)4-3-16-13(20)12-7-17-15-19(14(12)21)5-6-23-15/h5-7,10-11H,3-4,8-9H2,1-2H3,(H,16,20)/t10-,11-/m0/s1. The van der Waals surface area contributed by atoms with Crippen LogP contribution in [0.25, 0.3) is 4.96 Å². The molecule has 3 rings (SSSR count). The second-order valence-corrected chi connectivity index (χ2v) is 6.68. The van der Waals surface area contributed by atoms with E-state index in [0.29, 0.717) is 11.5 Å². The van der Waals surface area contributed by atoms with Crippen molar-refractivity contribution in [3.8, 4) is 0 Å². The van der Waals surface area contributed by atoms with Gasteiger partial charge in [-0.2, -0.15) is 0 Å². The van der Waals surface area contributed by atoms with Crippen LogP contribution in [0.4, 0.5) is 0 Å². The average molecular weight is 336 g/mol. The largest absolute Gasteiger partial charge is 0.373 e. The van der Waals surface area contributed by atoms with Gasteiger partial charge in [0.25, 0.3) is 11.5 Å². The number of carbonyl (C=O) groups is 1. The van der Waals surface area contributed by atoms with Crippen molar-refractivity contribution in [2.45, 2.75) is 26.1 Å². The first-order chi connectivity index (χ1) is 11.0. The van der Waals surface area contributed by atoms with Gasteiger partial charge in [-0.15, -0.1) is 11.3 Å². The normalized spacial score (nSPS) is 22.3. The van der Waals surface area contributed by atoms with Gasteiger partial charge in [-0.3, -0.25) is 18.9 Å². The third-order valence-corrected chi connectivity index (χ3v) is 4.57. The first kappa shape index (κ1) is 16.1. The number of morpholine rings is 1. The highest BCUT2D eigenvalue weighted by Gasteiger charge is 2.22. The molecule has 1 aliphatic rings. The lowest BCUT2D eigenvalue weighted by molar-refractivity contribution is -0.0672. The Morgan fingerprint density at radius 3 is 2.91 bits per heavy atom. The van der Waals surface area contributed by atoms with Crippen LogP contribution in [-0.4, -0.2) is 58.6 Å². The Hall–Kier alpha value is -1.77. The van der Waals surface area contributed by atoms with Crippen LogP contribution in [0.2, 0.25) is 0 Å². The van der Waals surface area contributed by atoms with Gasteiger partial charge in [-0.1, -0.05) is 0 Å². The number of amides is 1. The Bertz CT molecular complexity index is 747. The lowest BCUT2D eigenvalue weighted by atomic mass is 10.2. The molecule has 3 heterocycles. The fraction of sp³-hybridized carbons (Fsp3) is 0.533. The predicted octanol–water partition coefficient (Wildman–Crippen LogP) is 0.595. The molecule has 124 valence electrons. The van der Waals surface area contributed by atoms with Crippen LogP contribution in [-0.2, 0) is 4.74 Å². The second kappa shape index (κ2) is 6.77. The molecule has 1 aliphatic heterocycles. The molecule has 0 unspecified atom stereocenters. The van der Waals surface area contributed by atoms with Gasteiger partial charge >= 0.3 is 0 Å². The van der Waals surface area contributed by atoms with Crippen LogP contribution in [0.5, 0.6) is 0 Å². The third-order valence-electron chi connectivity index (χ3n) is 3.80. The lowest BCUT2D eigenvalue weighted by Crippen LogP contribution is -2.48. The molecule has 7 nitrogen and oxygen atoms in total. The third kappa shape index (κ3) is 3.60. The van der Waals surface area contributed by atoms with E-state index in [4.69, 9.17) is 4.74 Å². The summed E-state index contributed by atoms with van der Waals surface area (Å²) in [6.45, 7) is 7.02. The van der Waals surface area contributed by atoms with E-state index in [1.165, 1.54) is 21.9 Å². The summed E-state index contributed by atoms with van der Waals surface area (Å²) < 4.78 is 7.08. The number of nitrogens with one attached hydrogen (secondary N) is 1. The summed E-state index contributed by atoms with van der Waals surface area (Å²) in [6.07, 6.45) is 3.37. The van der Waals surface area contributed by atoms with Crippen molar-refractivity contribution in [3.05, 3.63) is 33.7 Å². The summed E-state index contributed by atoms with van der Waals surface area (Å²) in [5.41, 5.74) is -0.257. The lowest BCUT2D eigenvalue weighted by Gasteiger charge is -2.35. The van der Waals surface area contributed by atoms with Crippen LogP contribution in [0.3, 0.4) is 0 Å². The number of ether oxygens (including phenoxy) is 1. The van der Waals surface area contributed by atoms with Gasteiger partial charge in [0.2, 0.25) is 0 Å². The van der Waals surface area contributed by atoms with Crippen LogP contribution in [0.1, 0.15) is 24.2 Å². The molecule has 23 heavy (non-hydrogen) atoms. The quantitative estimate of drug-likeness (QED) is 0.885. The van der Waals surface area contributed by atoms with Crippen molar-refractivity contribution in [2.75, 3.05) is 26.2 Å². The molecule has 0 saturated carbocycles. The van der Waals surface area contributed by atoms with E-state index >= 15 is 0 Å². The van der Waals surface area contributed by atoms with Gasteiger partial charge in [0.05, 0.1) is 12.2 Å². The van der Waals surface area contributed by atoms with E-state index in [1.54, 1.807) is 11.6 Å².